The lowest BCUT2D eigenvalue weighted by molar-refractivity contribution is 0.474. The Bertz CT molecular complexity index is 796. The molecule has 0 bridgehead atoms. The summed E-state index contributed by atoms with van der Waals surface area (Å²) in [5, 5.41) is 12.1. The van der Waals surface area contributed by atoms with Crippen molar-refractivity contribution < 1.29 is 5.11 Å². The number of fused-ring (bicyclic) bond motifs is 1. The maximum Gasteiger partial charge on any atom is 0.124 e. The molecule has 0 aromatic heterocycles. The molecular weight excluding hydrogens is 314 g/mol. The summed E-state index contributed by atoms with van der Waals surface area (Å²) in [6.07, 6.45) is 1.67. The Balaban J connectivity index is 1.96. The predicted molar refractivity (Wildman–Crippen MR) is 87.0 cm³/mol. The summed E-state index contributed by atoms with van der Waals surface area (Å²) in [5.41, 5.74) is 1.55. The smallest absolute Gasteiger partial charge is 0.124 e. The SMILES string of the molecule is Oc1ccc(Br)cc1C=Nc1ccc2ccccc2c1. The standard InChI is InChI=1S/C17H12BrNO/c18-15-6-8-17(20)14(9-15)11-19-16-7-5-12-3-1-2-4-13(12)10-16/h1-11,20H. The quantitative estimate of drug-likeness (QED) is 0.656. The zero-order valence-corrected chi connectivity index (χ0v) is 12.2. The molecule has 1 N–H and O–H groups in total. The van der Waals surface area contributed by atoms with Crippen molar-refractivity contribution in [1.82, 2.24) is 0 Å². The lowest BCUT2D eigenvalue weighted by Gasteiger charge is -2.01. The molecule has 0 heterocycles. The fourth-order valence-corrected chi connectivity index (χ4v) is 2.41. The number of benzene rings is 3. The molecule has 98 valence electrons. The van der Waals surface area contributed by atoms with Gasteiger partial charge in [-0.25, -0.2) is 0 Å². The van der Waals surface area contributed by atoms with Gasteiger partial charge < -0.3 is 5.11 Å². The van der Waals surface area contributed by atoms with Crippen LogP contribution in [0.4, 0.5) is 5.69 Å². The van der Waals surface area contributed by atoms with Gasteiger partial charge in [0.1, 0.15) is 5.75 Å². The molecule has 3 aromatic carbocycles. The zero-order chi connectivity index (χ0) is 13.9. The van der Waals surface area contributed by atoms with Crippen molar-refractivity contribution >= 4 is 38.6 Å². The van der Waals surface area contributed by atoms with Crippen molar-refractivity contribution in [2.45, 2.75) is 0 Å². The number of rotatable bonds is 2. The molecule has 0 radical (unpaired) electrons. The van der Waals surface area contributed by atoms with Gasteiger partial charge in [0.05, 0.1) is 5.69 Å². The van der Waals surface area contributed by atoms with E-state index in [0.717, 1.165) is 15.5 Å². The third-order valence-electron chi connectivity index (χ3n) is 3.08. The average molecular weight is 326 g/mol. The zero-order valence-electron chi connectivity index (χ0n) is 10.6. The van der Waals surface area contributed by atoms with Gasteiger partial charge in [0.15, 0.2) is 0 Å². The molecule has 3 heteroatoms. The third kappa shape index (κ3) is 2.73. The van der Waals surface area contributed by atoms with Crippen LogP contribution in [0.3, 0.4) is 0 Å². The summed E-state index contributed by atoms with van der Waals surface area (Å²) in [7, 11) is 0. The molecule has 2 nitrogen and oxygen atoms in total. The van der Waals surface area contributed by atoms with E-state index in [1.807, 2.05) is 36.4 Å². The van der Waals surface area contributed by atoms with Crippen LogP contribution >= 0.6 is 15.9 Å². The first kappa shape index (κ1) is 12.9. The molecular formula is C17H12BrNO. The van der Waals surface area contributed by atoms with Crippen LogP contribution in [0.25, 0.3) is 10.8 Å². The number of hydrogen-bond donors (Lipinski definition) is 1. The number of aliphatic imine (C=N–C) groups is 1. The molecule has 0 spiro atoms. The van der Waals surface area contributed by atoms with Crippen LogP contribution in [-0.4, -0.2) is 11.3 Å². The van der Waals surface area contributed by atoms with Crippen molar-refractivity contribution in [2.24, 2.45) is 4.99 Å². The molecule has 0 amide bonds. The molecule has 20 heavy (non-hydrogen) atoms. The third-order valence-corrected chi connectivity index (χ3v) is 3.57. The Morgan fingerprint density at radius 2 is 1.70 bits per heavy atom. The minimum absolute atomic E-state index is 0.220. The Kier molecular flexibility index (Phi) is 3.52. The van der Waals surface area contributed by atoms with E-state index in [1.54, 1.807) is 18.3 Å². The van der Waals surface area contributed by atoms with E-state index in [1.165, 1.54) is 5.39 Å². The van der Waals surface area contributed by atoms with Gasteiger partial charge >= 0.3 is 0 Å². The van der Waals surface area contributed by atoms with Crippen molar-refractivity contribution in [3.05, 3.63) is 70.7 Å². The summed E-state index contributed by atoms with van der Waals surface area (Å²) in [4.78, 5) is 4.42. The minimum Gasteiger partial charge on any atom is -0.507 e. The van der Waals surface area contributed by atoms with Gasteiger partial charge in [0.2, 0.25) is 0 Å². The highest BCUT2D eigenvalue weighted by atomic mass is 79.9. The summed E-state index contributed by atoms with van der Waals surface area (Å²) in [6.45, 7) is 0. The van der Waals surface area contributed by atoms with Crippen LogP contribution in [0.1, 0.15) is 5.56 Å². The van der Waals surface area contributed by atoms with Gasteiger partial charge in [0.25, 0.3) is 0 Å². The predicted octanol–water partition coefficient (Wildman–Crippen LogP) is 5.06. The molecule has 3 rings (SSSR count). The van der Waals surface area contributed by atoms with E-state index in [0.29, 0.717) is 5.56 Å². The highest BCUT2D eigenvalue weighted by molar-refractivity contribution is 9.10. The average Bonchev–Trinajstić information content (AvgIpc) is 2.48. The first-order valence-corrected chi connectivity index (χ1v) is 7.03. The van der Waals surface area contributed by atoms with E-state index in [-0.39, 0.29) is 5.75 Å². The first-order valence-electron chi connectivity index (χ1n) is 6.24. The second-order valence-corrected chi connectivity index (χ2v) is 5.41. The van der Waals surface area contributed by atoms with Crippen LogP contribution < -0.4 is 0 Å². The maximum absolute atomic E-state index is 9.77. The molecule has 0 fully saturated rings. The maximum atomic E-state index is 9.77. The number of nitrogens with zero attached hydrogens (tertiary/aromatic N) is 1. The van der Waals surface area contributed by atoms with E-state index in [9.17, 15) is 5.11 Å². The van der Waals surface area contributed by atoms with E-state index in [4.69, 9.17) is 0 Å². The van der Waals surface area contributed by atoms with Crippen LogP contribution in [0.2, 0.25) is 0 Å². The monoisotopic (exact) mass is 325 g/mol. The fourth-order valence-electron chi connectivity index (χ4n) is 2.03. The van der Waals surface area contributed by atoms with Crippen LogP contribution in [-0.2, 0) is 0 Å². The Hall–Kier alpha value is -2.13. The summed E-state index contributed by atoms with van der Waals surface area (Å²) >= 11 is 3.38. The molecule has 3 aromatic rings. The lowest BCUT2D eigenvalue weighted by Crippen LogP contribution is -1.82. The molecule has 0 saturated heterocycles. The van der Waals surface area contributed by atoms with Gasteiger partial charge in [-0.15, -0.1) is 0 Å². The van der Waals surface area contributed by atoms with Crippen molar-refractivity contribution in [1.29, 1.82) is 0 Å². The van der Waals surface area contributed by atoms with Crippen molar-refractivity contribution in [2.75, 3.05) is 0 Å². The van der Waals surface area contributed by atoms with Gasteiger partial charge in [-0.2, -0.15) is 0 Å². The Morgan fingerprint density at radius 3 is 2.55 bits per heavy atom. The minimum atomic E-state index is 0.220. The van der Waals surface area contributed by atoms with Gasteiger partial charge in [-0.1, -0.05) is 46.3 Å². The van der Waals surface area contributed by atoms with Crippen LogP contribution in [0, 0.1) is 0 Å². The topological polar surface area (TPSA) is 32.6 Å². The molecule has 0 aliphatic carbocycles. The number of hydrogen-bond acceptors (Lipinski definition) is 2. The van der Waals surface area contributed by atoms with Crippen molar-refractivity contribution in [3.63, 3.8) is 0 Å². The highest BCUT2D eigenvalue weighted by Crippen LogP contribution is 2.23. The number of phenols is 1. The van der Waals surface area contributed by atoms with E-state index in [2.05, 4.69) is 33.1 Å². The summed E-state index contributed by atoms with van der Waals surface area (Å²) < 4.78 is 0.912. The van der Waals surface area contributed by atoms with Gasteiger partial charge in [0, 0.05) is 16.3 Å². The van der Waals surface area contributed by atoms with Crippen LogP contribution in [0.15, 0.2) is 70.1 Å². The first-order chi connectivity index (χ1) is 9.72. The van der Waals surface area contributed by atoms with Gasteiger partial charge in [-0.05, 0) is 41.1 Å². The molecule has 0 atom stereocenters. The van der Waals surface area contributed by atoms with E-state index < -0.39 is 0 Å². The summed E-state index contributed by atoms with van der Waals surface area (Å²) in [5.74, 6) is 0.220. The molecule has 0 aliphatic heterocycles. The highest BCUT2D eigenvalue weighted by Gasteiger charge is 1.99. The van der Waals surface area contributed by atoms with Crippen LogP contribution in [0.5, 0.6) is 5.75 Å². The normalized spacial score (nSPS) is 11.2. The van der Waals surface area contributed by atoms with Gasteiger partial charge in [-0.3, -0.25) is 4.99 Å². The number of aromatic hydroxyl groups is 1. The van der Waals surface area contributed by atoms with Crippen molar-refractivity contribution in [3.8, 4) is 5.75 Å². The molecule has 0 saturated carbocycles. The Labute approximate surface area is 125 Å². The summed E-state index contributed by atoms with van der Waals surface area (Å²) in [6, 6.07) is 19.5. The second kappa shape index (κ2) is 5.47. The number of phenolic OH excluding ortho intramolecular Hbond substituents is 1. The fraction of sp³-hybridized carbons (Fsp3) is 0. The number of halogens is 1. The Morgan fingerprint density at radius 1 is 0.900 bits per heavy atom. The molecule has 0 unspecified atom stereocenters. The largest absolute Gasteiger partial charge is 0.507 e. The molecule has 0 aliphatic rings. The van der Waals surface area contributed by atoms with E-state index >= 15 is 0 Å². The second-order valence-electron chi connectivity index (χ2n) is 4.49. The lowest BCUT2D eigenvalue weighted by atomic mass is 10.1.